The molecule has 0 spiro atoms. The lowest BCUT2D eigenvalue weighted by Gasteiger charge is -2.08. The maximum absolute atomic E-state index is 12.3. The predicted octanol–water partition coefficient (Wildman–Crippen LogP) is 4.54. The van der Waals surface area contributed by atoms with Gasteiger partial charge in [0.15, 0.2) is 0 Å². The molecule has 2 aromatic carbocycles. The number of hydrogen-bond acceptors (Lipinski definition) is 2. The Bertz CT molecular complexity index is 846. The molecule has 22 heavy (non-hydrogen) atoms. The minimum absolute atomic E-state index is 0.0322. The summed E-state index contributed by atoms with van der Waals surface area (Å²) in [7, 11) is 0. The number of amides is 1. The van der Waals surface area contributed by atoms with Crippen LogP contribution in [0.25, 0.3) is 11.0 Å². The first kappa shape index (κ1) is 14.4. The molecule has 0 atom stereocenters. The first-order valence-electron chi connectivity index (χ1n) is 7.37. The van der Waals surface area contributed by atoms with E-state index in [9.17, 15) is 4.79 Å². The van der Waals surface area contributed by atoms with E-state index in [0.717, 1.165) is 33.3 Å². The molecule has 1 aromatic heterocycles. The standard InChI is InChI=1S/C19H19NO2/c1-12-5-7-17(14(3)8-12)20-19(21)10-15-11-22-18-9-13(2)4-6-16(15)18/h4-9,11H,10H2,1-3H3,(H,20,21). The van der Waals surface area contributed by atoms with Crippen LogP contribution in [0.2, 0.25) is 0 Å². The lowest BCUT2D eigenvalue weighted by molar-refractivity contribution is -0.115. The summed E-state index contributed by atoms with van der Waals surface area (Å²) in [6.07, 6.45) is 1.98. The Labute approximate surface area is 130 Å². The van der Waals surface area contributed by atoms with Crippen LogP contribution in [0.3, 0.4) is 0 Å². The van der Waals surface area contributed by atoms with Gasteiger partial charge in [0.25, 0.3) is 0 Å². The number of furan rings is 1. The second kappa shape index (κ2) is 5.68. The van der Waals surface area contributed by atoms with E-state index in [1.165, 1.54) is 5.56 Å². The highest BCUT2D eigenvalue weighted by molar-refractivity contribution is 5.95. The number of fused-ring (bicyclic) bond motifs is 1. The van der Waals surface area contributed by atoms with Crippen LogP contribution in [0.1, 0.15) is 22.3 Å². The van der Waals surface area contributed by atoms with Gasteiger partial charge in [-0.1, -0.05) is 29.8 Å². The van der Waals surface area contributed by atoms with Crippen LogP contribution in [-0.4, -0.2) is 5.91 Å². The van der Waals surface area contributed by atoms with Gasteiger partial charge in [-0.05, 0) is 44.0 Å². The molecule has 0 saturated carbocycles. The van der Waals surface area contributed by atoms with Gasteiger partial charge in [-0.3, -0.25) is 4.79 Å². The summed E-state index contributed by atoms with van der Waals surface area (Å²) in [6, 6.07) is 12.0. The number of carbonyl (C=O) groups is 1. The number of rotatable bonds is 3. The zero-order chi connectivity index (χ0) is 15.7. The molecule has 3 aromatic rings. The fourth-order valence-corrected chi connectivity index (χ4v) is 2.65. The molecular weight excluding hydrogens is 274 g/mol. The largest absolute Gasteiger partial charge is 0.464 e. The molecule has 112 valence electrons. The summed E-state index contributed by atoms with van der Waals surface area (Å²) in [5.41, 5.74) is 6.01. The predicted molar refractivity (Wildman–Crippen MR) is 89.2 cm³/mol. The van der Waals surface area contributed by atoms with Gasteiger partial charge in [-0.2, -0.15) is 0 Å². The number of hydrogen-bond donors (Lipinski definition) is 1. The molecule has 1 amide bonds. The average molecular weight is 293 g/mol. The van der Waals surface area contributed by atoms with Crippen LogP contribution in [0.5, 0.6) is 0 Å². The molecule has 0 aliphatic carbocycles. The fraction of sp³-hybridized carbons (Fsp3) is 0.211. The van der Waals surface area contributed by atoms with Crippen molar-refractivity contribution in [2.24, 2.45) is 0 Å². The Kier molecular flexibility index (Phi) is 3.72. The molecule has 3 heteroatoms. The van der Waals surface area contributed by atoms with E-state index < -0.39 is 0 Å². The first-order valence-corrected chi connectivity index (χ1v) is 7.37. The Balaban J connectivity index is 1.78. The van der Waals surface area contributed by atoms with Gasteiger partial charge < -0.3 is 9.73 Å². The van der Waals surface area contributed by atoms with Crippen molar-refractivity contribution in [1.29, 1.82) is 0 Å². The average Bonchev–Trinajstić information content (AvgIpc) is 2.84. The molecule has 0 aliphatic heterocycles. The third-order valence-electron chi connectivity index (χ3n) is 3.82. The highest BCUT2D eigenvalue weighted by Crippen LogP contribution is 2.23. The van der Waals surface area contributed by atoms with Crippen molar-refractivity contribution in [3.05, 3.63) is 64.9 Å². The first-order chi connectivity index (χ1) is 10.5. The molecule has 0 unspecified atom stereocenters. The van der Waals surface area contributed by atoms with Crippen LogP contribution in [0.4, 0.5) is 5.69 Å². The topological polar surface area (TPSA) is 42.2 Å². The molecule has 0 aliphatic rings. The molecule has 1 heterocycles. The smallest absolute Gasteiger partial charge is 0.228 e. The zero-order valence-corrected chi connectivity index (χ0v) is 13.1. The van der Waals surface area contributed by atoms with Crippen LogP contribution in [0.15, 0.2) is 47.1 Å². The van der Waals surface area contributed by atoms with Crippen LogP contribution < -0.4 is 5.32 Å². The third kappa shape index (κ3) is 2.89. The van der Waals surface area contributed by atoms with Gasteiger partial charge in [-0.15, -0.1) is 0 Å². The van der Waals surface area contributed by atoms with E-state index in [0.29, 0.717) is 6.42 Å². The maximum Gasteiger partial charge on any atom is 0.228 e. The summed E-state index contributed by atoms with van der Waals surface area (Å²) >= 11 is 0. The number of benzene rings is 2. The van der Waals surface area contributed by atoms with Crippen molar-refractivity contribution in [3.8, 4) is 0 Å². The van der Waals surface area contributed by atoms with E-state index in [2.05, 4.69) is 11.4 Å². The number of anilines is 1. The van der Waals surface area contributed by atoms with Crippen molar-refractivity contribution in [3.63, 3.8) is 0 Å². The zero-order valence-electron chi connectivity index (χ0n) is 13.1. The van der Waals surface area contributed by atoms with Crippen LogP contribution in [0, 0.1) is 20.8 Å². The van der Waals surface area contributed by atoms with Crippen molar-refractivity contribution < 1.29 is 9.21 Å². The molecule has 1 N–H and O–H groups in total. The van der Waals surface area contributed by atoms with E-state index >= 15 is 0 Å². The van der Waals surface area contributed by atoms with E-state index in [-0.39, 0.29) is 5.91 Å². The summed E-state index contributed by atoms with van der Waals surface area (Å²) < 4.78 is 5.54. The molecular formula is C19H19NO2. The van der Waals surface area contributed by atoms with E-state index in [4.69, 9.17) is 4.42 Å². The molecule has 0 saturated heterocycles. The van der Waals surface area contributed by atoms with Crippen LogP contribution in [-0.2, 0) is 11.2 Å². The summed E-state index contributed by atoms with van der Waals surface area (Å²) in [5, 5.41) is 3.97. The van der Waals surface area contributed by atoms with Gasteiger partial charge in [0.05, 0.1) is 12.7 Å². The van der Waals surface area contributed by atoms with Gasteiger partial charge in [0.1, 0.15) is 5.58 Å². The Morgan fingerprint density at radius 1 is 1.05 bits per heavy atom. The highest BCUT2D eigenvalue weighted by atomic mass is 16.3. The molecule has 0 radical (unpaired) electrons. The second-order valence-corrected chi connectivity index (χ2v) is 5.80. The summed E-state index contributed by atoms with van der Waals surface area (Å²) in [4.78, 5) is 12.3. The van der Waals surface area contributed by atoms with Crippen LogP contribution >= 0.6 is 0 Å². The van der Waals surface area contributed by atoms with Crippen molar-refractivity contribution in [2.45, 2.75) is 27.2 Å². The molecule has 0 bridgehead atoms. The Hall–Kier alpha value is -2.55. The van der Waals surface area contributed by atoms with Crippen molar-refractivity contribution in [1.82, 2.24) is 0 Å². The summed E-state index contributed by atoms with van der Waals surface area (Å²) in [6.45, 7) is 6.06. The molecule has 3 nitrogen and oxygen atoms in total. The van der Waals surface area contributed by atoms with Gasteiger partial charge >= 0.3 is 0 Å². The second-order valence-electron chi connectivity index (χ2n) is 5.80. The lowest BCUT2D eigenvalue weighted by atomic mass is 10.1. The fourth-order valence-electron chi connectivity index (χ4n) is 2.65. The third-order valence-corrected chi connectivity index (χ3v) is 3.82. The molecule has 0 fully saturated rings. The lowest BCUT2D eigenvalue weighted by Crippen LogP contribution is -2.15. The SMILES string of the molecule is Cc1ccc(NC(=O)Cc2coc3cc(C)ccc23)c(C)c1. The van der Waals surface area contributed by atoms with Gasteiger partial charge in [0.2, 0.25) is 5.91 Å². The van der Waals surface area contributed by atoms with Crippen molar-refractivity contribution >= 4 is 22.6 Å². The van der Waals surface area contributed by atoms with E-state index in [1.54, 1.807) is 6.26 Å². The highest BCUT2D eigenvalue weighted by Gasteiger charge is 2.11. The summed E-state index contributed by atoms with van der Waals surface area (Å²) in [5.74, 6) is -0.0322. The van der Waals surface area contributed by atoms with Gasteiger partial charge in [-0.25, -0.2) is 0 Å². The van der Waals surface area contributed by atoms with E-state index in [1.807, 2.05) is 51.1 Å². The quantitative estimate of drug-likeness (QED) is 0.770. The number of nitrogens with one attached hydrogen (secondary N) is 1. The monoisotopic (exact) mass is 293 g/mol. The Morgan fingerprint density at radius 3 is 2.55 bits per heavy atom. The minimum Gasteiger partial charge on any atom is -0.464 e. The maximum atomic E-state index is 12.3. The minimum atomic E-state index is -0.0322. The number of carbonyl (C=O) groups excluding carboxylic acids is 1. The van der Waals surface area contributed by atoms with Crippen molar-refractivity contribution in [2.75, 3.05) is 5.32 Å². The normalized spacial score (nSPS) is 10.9. The number of aryl methyl sites for hydroxylation is 3. The van der Waals surface area contributed by atoms with Gasteiger partial charge in [0, 0.05) is 16.6 Å². The Morgan fingerprint density at radius 2 is 1.77 bits per heavy atom. The molecule has 3 rings (SSSR count).